The van der Waals surface area contributed by atoms with Crippen molar-refractivity contribution in [2.75, 3.05) is 32.1 Å². The highest BCUT2D eigenvalue weighted by atomic mass is 79.9. The van der Waals surface area contributed by atoms with Gasteiger partial charge in [-0.25, -0.2) is 0 Å². The van der Waals surface area contributed by atoms with E-state index < -0.39 is 0 Å². The molecule has 0 spiro atoms. The SMILES string of the molecule is CN(C)CCCN1c2ccccc2Sc2cc(Br)ccc21. The van der Waals surface area contributed by atoms with Gasteiger partial charge < -0.3 is 9.80 Å². The molecule has 0 aromatic heterocycles. The third-order valence-corrected chi connectivity index (χ3v) is 5.18. The summed E-state index contributed by atoms with van der Waals surface area (Å²) in [7, 11) is 4.26. The largest absolute Gasteiger partial charge is 0.340 e. The minimum atomic E-state index is 1.05. The predicted molar refractivity (Wildman–Crippen MR) is 94.9 cm³/mol. The highest BCUT2D eigenvalue weighted by molar-refractivity contribution is 9.10. The predicted octanol–water partition coefficient (Wildman–Crippen LogP) is 5.00. The van der Waals surface area contributed by atoms with Gasteiger partial charge in [0.1, 0.15) is 0 Å². The molecule has 4 heteroatoms. The Morgan fingerprint density at radius 3 is 2.62 bits per heavy atom. The minimum absolute atomic E-state index is 1.05. The van der Waals surface area contributed by atoms with Gasteiger partial charge in [0, 0.05) is 20.8 Å². The summed E-state index contributed by atoms with van der Waals surface area (Å²) in [6, 6.07) is 15.2. The molecular formula is C17H19BrN2S. The molecule has 21 heavy (non-hydrogen) atoms. The van der Waals surface area contributed by atoms with Gasteiger partial charge in [0.2, 0.25) is 0 Å². The van der Waals surface area contributed by atoms with E-state index >= 15 is 0 Å². The van der Waals surface area contributed by atoms with Crippen molar-refractivity contribution in [1.29, 1.82) is 0 Å². The van der Waals surface area contributed by atoms with Crippen molar-refractivity contribution in [3.63, 3.8) is 0 Å². The normalized spacial score (nSPS) is 13.2. The van der Waals surface area contributed by atoms with E-state index in [2.05, 4.69) is 82.3 Å². The average molecular weight is 363 g/mol. The Balaban J connectivity index is 1.94. The van der Waals surface area contributed by atoms with E-state index in [1.165, 1.54) is 21.2 Å². The molecular weight excluding hydrogens is 344 g/mol. The average Bonchev–Trinajstić information content (AvgIpc) is 2.46. The summed E-state index contributed by atoms with van der Waals surface area (Å²) in [4.78, 5) is 7.37. The second kappa shape index (κ2) is 6.42. The molecule has 0 radical (unpaired) electrons. The van der Waals surface area contributed by atoms with Gasteiger partial charge in [-0.2, -0.15) is 0 Å². The van der Waals surface area contributed by atoms with Crippen LogP contribution in [0.25, 0.3) is 0 Å². The van der Waals surface area contributed by atoms with Crippen molar-refractivity contribution in [3.8, 4) is 0 Å². The van der Waals surface area contributed by atoms with Crippen LogP contribution in [0.1, 0.15) is 6.42 Å². The van der Waals surface area contributed by atoms with Crippen LogP contribution in [0.5, 0.6) is 0 Å². The smallest absolute Gasteiger partial charge is 0.0553 e. The van der Waals surface area contributed by atoms with E-state index in [1.807, 2.05) is 11.8 Å². The Bertz CT molecular complexity index is 642. The number of hydrogen-bond donors (Lipinski definition) is 0. The third kappa shape index (κ3) is 3.28. The quantitative estimate of drug-likeness (QED) is 0.755. The lowest BCUT2D eigenvalue weighted by atomic mass is 10.2. The molecule has 0 saturated carbocycles. The van der Waals surface area contributed by atoms with Crippen molar-refractivity contribution < 1.29 is 0 Å². The van der Waals surface area contributed by atoms with Gasteiger partial charge in [-0.3, -0.25) is 0 Å². The fraction of sp³-hybridized carbons (Fsp3) is 0.294. The summed E-state index contributed by atoms with van der Waals surface area (Å²) >= 11 is 5.44. The lowest BCUT2D eigenvalue weighted by Gasteiger charge is -2.33. The van der Waals surface area contributed by atoms with Crippen LogP contribution < -0.4 is 4.90 Å². The van der Waals surface area contributed by atoms with E-state index in [0.29, 0.717) is 0 Å². The van der Waals surface area contributed by atoms with Crippen molar-refractivity contribution in [2.45, 2.75) is 16.2 Å². The number of hydrogen-bond acceptors (Lipinski definition) is 3. The molecule has 0 aliphatic carbocycles. The second-order valence-corrected chi connectivity index (χ2v) is 7.49. The number of halogens is 1. The monoisotopic (exact) mass is 362 g/mol. The first kappa shape index (κ1) is 14.9. The summed E-state index contributed by atoms with van der Waals surface area (Å²) in [5.41, 5.74) is 2.65. The first-order valence-corrected chi connectivity index (χ1v) is 8.75. The summed E-state index contributed by atoms with van der Waals surface area (Å²) in [5.74, 6) is 0. The van der Waals surface area contributed by atoms with E-state index in [4.69, 9.17) is 0 Å². The zero-order chi connectivity index (χ0) is 14.8. The van der Waals surface area contributed by atoms with Crippen LogP contribution in [0, 0.1) is 0 Å². The Morgan fingerprint density at radius 1 is 1.05 bits per heavy atom. The minimum Gasteiger partial charge on any atom is -0.340 e. The molecule has 0 bridgehead atoms. The molecule has 0 amide bonds. The Kier molecular flexibility index (Phi) is 4.57. The fourth-order valence-electron chi connectivity index (χ4n) is 2.59. The van der Waals surface area contributed by atoms with E-state index in [9.17, 15) is 0 Å². The lowest BCUT2D eigenvalue weighted by molar-refractivity contribution is 0.402. The molecule has 3 rings (SSSR count). The number of anilines is 2. The number of fused-ring (bicyclic) bond motifs is 2. The van der Waals surface area contributed by atoms with Crippen LogP contribution >= 0.6 is 27.7 Å². The van der Waals surface area contributed by atoms with E-state index in [-0.39, 0.29) is 0 Å². The number of benzene rings is 2. The van der Waals surface area contributed by atoms with E-state index in [1.54, 1.807) is 0 Å². The number of nitrogens with zero attached hydrogens (tertiary/aromatic N) is 2. The molecule has 0 unspecified atom stereocenters. The summed E-state index contributed by atoms with van der Waals surface area (Å²) in [5, 5.41) is 0. The Morgan fingerprint density at radius 2 is 1.81 bits per heavy atom. The van der Waals surface area contributed by atoms with Gasteiger partial charge in [-0.05, 0) is 57.4 Å². The molecule has 2 aromatic carbocycles. The third-order valence-electron chi connectivity index (χ3n) is 3.58. The maximum absolute atomic E-state index is 3.58. The van der Waals surface area contributed by atoms with Crippen LogP contribution in [-0.2, 0) is 0 Å². The van der Waals surface area contributed by atoms with Gasteiger partial charge in [-0.15, -0.1) is 0 Å². The van der Waals surface area contributed by atoms with Crippen LogP contribution in [0.15, 0.2) is 56.7 Å². The first-order valence-electron chi connectivity index (χ1n) is 7.14. The van der Waals surface area contributed by atoms with Crippen molar-refractivity contribution in [2.24, 2.45) is 0 Å². The first-order chi connectivity index (χ1) is 10.1. The van der Waals surface area contributed by atoms with Gasteiger partial charge in [-0.1, -0.05) is 39.8 Å². The van der Waals surface area contributed by atoms with E-state index in [0.717, 1.165) is 24.0 Å². The molecule has 0 N–H and O–H groups in total. The highest BCUT2D eigenvalue weighted by Crippen LogP contribution is 2.48. The van der Waals surface area contributed by atoms with Gasteiger partial charge in [0.25, 0.3) is 0 Å². The molecule has 1 heterocycles. The highest BCUT2D eigenvalue weighted by Gasteiger charge is 2.22. The number of para-hydroxylation sites is 1. The molecule has 2 aromatic rings. The zero-order valence-corrected chi connectivity index (χ0v) is 14.7. The van der Waals surface area contributed by atoms with Crippen molar-refractivity contribution >= 4 is 39.1 Å². The maximum Gasteiger partial charge on any atom is 0.0553 e. The molecule has 2 nitrogen and oxygen atoms in total. The van der Waals surface area contributed by atoms with Crippen LogP contribution in [-0.4, -0.2) is 32.1 Å². The summed E-state index contributed by atoms with van der Waals surface area (Å²) in [6.45, 7) is 2.15. The van der Waals surface area contributed by atoms with Crippen LogP contribution in [0.3, 0.4) is 0 Å². The zero-order valence-electron chi connectivity index (χ0n) is 12.3. The maximum atomic E-state index is 3.58. The summed E-state index contributed by atoms with van der Waals surface area (Å²) < 4.78 is 1.14. The van der Waals surface area contributed by atoms with Crippen LogP contribution in [0.2, 0.25) is 0 Å². The fourth-order valence-corrected chi connectivity index (χ4v) is 4.24. The molecule has 0 fully saturated rings. The van der Waals surface area contributed by atoms with Crippen molar-refractivity contribution in [3.05, 3.63) is 46.9 Å². The van der Waals surface area contributed by atoms with Gasteiger partial charge in [0.05, 0.1) is 11.4 Å². The molecule has 1 aliphatic rings. The molecule has 0 saturated heterocycles. The summed E-state index contributed by atoms with van der Waals surface area (Å²) in [6.07, 6.45) is 1.15. The standard InChI is InChI=1S/C17H19BrN2S/c1-19(2)10-5-11-20-14-6-3-4-7-16(14)21-17-12-13(18)8-9-15(17)20/h3-4,6-9,12H,5,10-11H2,1-2H3. The lowest BCUT2D eigenvalue weighted by Crippen LogP contribution is -2.25. The second-order valence-electron chi connectivity index (χ2n) is 5.49. The molecule has 110 valence electrons. The molecule has 0 atom stereocenters. The molecule has 1 aliphatic heterocycles. The Hall–Kier alpha value is -0.970. The number of rotatable bonds is 4. The topological polar surface area (TPSA) is 6.48 Å². The van der Waals surface area contributed by atoms with Crippen LogP contribution in [0.4, 0.5) is 11.4 Å². The Labute approximate surface area is 139 Å². The van der Waals surface area contributed by atoms with Gasteiger partial charge in [0.15, 0.2) is 0 Å². The van der Waals surface area contributed by atoms with Gasteiger partial charge >= 0.3 is 0 Å². The van der Waals surface area contributed by atoms with Crippen molar-refractivity contribution in [1.82, 2.24) is 4.90 Å².